The van der Waals surface area contributed by atoms with Crippen LogP contribution < -0.4 is 10.6 Å². The number of hydrogen-bond donors (Lipinski definition) is 2. The number of rotatable bonds is 7. The molecule has 0 aromatic heterocycles. The summed E-state index contributed by atoms with van der Waals surface area (Å²) in [5.74, 6) is 0.159. The second-order valence-electron chi connectivity index (χ2n) is 5.50. The Labute approximate surface area is 127 Å². The zero-order valence-corrected chi connectivity index (χ0v) is 12.9. The lowest BCUT2D eigenvalue weighted by molar-refractivity contribution is -0.127. The maximum Gasteiger partial charge on any atom is 0.230 e. The van der Waals surface area contributed by atoms with Gasteiger partial charge in [0.2, 0.25) is 5.91 Å². The summed E-state index contributed by atoms with van der Waals surface area (Å²) in [6, 6.07) is 10.2. The second-order valence-corrected chi connectivity index (χ2v) is 5.50. The van der Waals surface area contributed by atoms with Crippen LogP contribution in [0.4, 0.5) is 0 Å². The molecule has 1 aliphatic heterocycles. The van der Waals surface area contributed by atoms with E-state index in [-0.39, 0.29) is 11.3 Å². The van der Waals surface area contributed by atoms with Gasteiger partial charge in [-0.25, -0.2) is 0 Å². The highest BCUT2D eigenvalue weighted by molar-refractivity contribution is 5.88. The van der Waals surface area contributed by atoms with Gasteiger partial charge >= 0.3 is 0 Å². The van der Waals surface area contributed by atoms with E-state index in [9.17, 15) is 4.79 Å². The Morgan fingerprint density at radius 1 is 1.29 bits per heavy atom. The van der Waals surface area contributed by atoms with Crippen molar-refractivity contribution in [3.63, 3.8) is 0 Å². The van der Waals surface area contributed by atoms with Crippen LogP contribution in [0, 0.1) is 0 Å². The molecule has 2 N–H and O–H groups in total. The number of hydrogen-bond acceptors (Lipinski definition) is 3. The van der Waals surface area contributed by atoms with E-state index >= 15 is 0 Å². The average molecular weight is 290 g/mol. The molecule has 0 radical (unpaired) electrons. The fraction of sp³-hybridized carbons (Fsp3) is 0.588. The zero-order valence-electron chi connectivity index (χ0n) is 12.9. The summed E-state index contributed by atoms with van der Waals surface area (Å²) in [7, 11) is 0. The van der Waals surface area contributed by atoms with Crippen LogP contribution in [0.3, 0.4) is 0 Å². The summed E-state index contributed by atoms with van der Waals surface area (Å²) >= 11 is 0. The standard InChI is InChI=1S/C17H26N2O2/c1-2-21-14-6-11-19-16(20)17(9-12-18-13-10-17)15-7-4-3-5-8-15/h3-5,7-8,18H,2,6,9-14H2,1H3,(H,19,20). The predicted molar refractivity (Wildman–Crippen MR) is 84.3 cm³/mol. The maximum atomic E-state index is 12.8. The molecular weight excluding hydrogens is 264 g/mol. The summed E-state index contributed by atoms with van der Waals surface area (Å²) in [4.78, 5) is 12.8. The van der Waals surface area contributed by atoms with Crippen molar-refractivity contribution in [1.82, 2.24) is 10.6 Å². The van der Waals surface area contributed by atoms with Gasteiger partial charge in [-0.2, -0.15) is 0 Å². The van der Waals surface area contributed by atoms with Crippen molar-refractivity contribution >= 4 is 5.91 Å². The van der Waals surface area contributed by atoms with Gasteiger partial charge in [0, 0.05) is 19.8 Å². The Bertz CT molecular complexity index is 428. The lowest BCUT2D eigenvalue weighted by Crippen LogP contribution is -2.51. The van der Waals surface area contributed by atoms with Crippen LogP contribution >= 0.6 is 0 Å². The van der Waals surface area contributed by atoms with Gasteiger partial charge in [-0.15, -0.1) is 0 Å². The SMILES string of the molecule is CCOCCCNC(=O)C1(c2ccccc2)CCNCC1. The molecule has 116 valence electrons. The number of ether oxygens (including phenoxy) is 1. The number of benzene rings is 1. The van der Waals surface area contributed by atoms with Crippen LogP contribution in [0.5, 0.6) is 0 Å². The van der Waals surface area contributed by atoms with Crippen molar-refractivity contribution in [1.29, 1.82) is 0 Å². The number of piperidine rings is 1. The van der Waals surface area contributed by atoms with E-state index in [4.69, 9.17) is 4.74 Å². The van der Waals surface area contributed by atoms with Crippen LogP contribution in [0.1, 0.15) is 31.7 Å². The normalized spacial score (nSPS) is 17.4. The number of amides is 1. The monoisotopic (exact) mass is 290 g/mol. The molecule has 0 atom stereocenters. The molecule has 1 fully saturated rings. The van der Waals surface area contributed by atoms with Gasteiger partial charge in [0.1, 0.15) is 0 Å². The molecule has 1 heterocycles. The second kappa shape index (κ2) is 8.15. The van der Waals surface area contributed by atoms with E-state index in [0.717, 1.165) is 44.5 Å². The van der Waals surface area contributed by atoms with Crippen molar-refractivity contribution in [2.24, 2.45) is 0 Å². The molecule has 4 nitrogen and oxygen atoms in total. The maximum absolute atomic E-state index is 12.8. The molecule has 0 bridgehead atoms. The summed E-state index contributed by atoms with van der Waals surface area (Å²) < 4.78 is 5.31. The highest BCUT2D eigenvalue weighted by Crippen LogP contribution is 2.33. The summed E-state index contributed by atoms with van der Waals surface area (Å²) in [6.07, 6.45) is 2.57. The smallest absolute Gasteiger partial charge is 0.230 e. The largest absolute Gasteiger partial charge is 0.382 e. The molecular formula is C17H26N2O2. The molecule has 1 aromatic rings. The lowest BCUT2D eigenvalue weighted by atomic mass is 9.72. The molecule has 1 amide bonds. The van der Waals surface area contributed by atoms with E-state index in [1.807, 2.05) is 25.1 Å². The molecule has 2 rings (SSSR count). The van der Waals surface area contributed by atoms with Gasteiger partial charge in [-0.05, 0) is 44.8 Å². The van der Waals surface area contributed by atoms with E-state index < -0.39 is 0 Å². The van der Waals surface area contributed by atoms with Gasteiger partial charge in [0.25, 0.3) is 0 Å². The van der Waals surface area contributed by atoms with E-state index in [2.05, 4.69) is 22.8 Å². The summed E-state index contributed by atoms with van der Waals surface area (Å²) in [6.45, 7) is 5.88. The molecule has 0 aliphatic carbocycles. The molecule has 1 saturated heterocycles. The van der Waals surface area contributed by atoms with Crippen molar-refractivity contribution < 1.29 is 9.53 Å². The molecule has 21 heavy (non-hydrogen) atoms. The predicted octanol–water partition coefficient (Wildman–Crippen LogP) is 1.85. The van der Waals surface area contributed by atoms with Gasteiger partial charge in [0.15, 0.2) is 0 Å². The minimum atomic E-state index is -0.377. The number of carbonyl (C=O) groups excluding carboxylic acids is 1. The van der Waals surface area contributed by atoms with Crippen LogP contribution in [-0.4, -0.2) is 38.8 Å². The van der Waals surface area contributed by atoms with Crippen LogP contribution in [0.15, 0.2) is 30.3 Å². The van der Waals surface area contributed by atoms with Crippen molar-refractivity contribution in [2.75, 3.05) is 32.8 Å². The molecule has 0 unspecified atom stereocenters. The van der Waals surface area contributed by atoms with Crippen molar-refractivity contribution in [2.45, 2.75) is 31.6 Å². The van der Waals surface area contributed by atoms with Crippen molar-refractivity contribution in [3.8, 4) is 0 Å². The average Bonchev–Trinajstić information content (AvgIpc) is 2.56. The fourth-order valence-electron chi connectivity index (χ4n) is 2.95. The number of carbonyl (C=O) groups is 1. The number of nitrogens with one attached hydrogen (secondary N) is 2. The summed E-state index contributed by atoms with van der Waals surface area (Å²) in [5.41, 5.74) is 0.756. The van der Waals surface area contributed by atoms with E-state index in [1.54, 1.807) is 0 Å². The molecule has 1 aliphatic rings. The minimum absolute atomic E-state index is 0.159. The van der Waals surface area contributed by atoms with E-state index in [1.165, 1.54) is 0 Å². The quantitative estimate of drug-likeness (QED) is 0.754. The first kappa shape index (κ1) is 16.0. The molecule has 1 aromatic carbocycles. The van der Waals surface area contributed by atoms with Gasteiger partial charge in [-0.1, -0.05) is 30.3 Å². The van der Waals surface area contributed by atoms with Crippen LogP contribution in [-0.2, 0) is 14.9 Å². The van der Waals surface area contributed by atoms with Gasteiger partial charge in [-0.3, -0.25) is 4.79 Å². The van der Waals surface area contributed by atoms with Crippen LogP contribution in [0.2, 0.25) is 0 Å². The Kier molecular flexibility index (Phi) is 6.21. The third-order valence-electron chi connectivity index (χ3n) is 4.17. The first-order valence-electron chi connectivity index (χ1n) is 7.92. The third kappa shape index (κ3) is 4.05. The fourth-order valence-corrected chi connectivity index (χ4v) is 2.95. The first-order chi connectivity index (χ1) is 10.3. The topological polar surface area (TPSA) is 50.4 Å². The Morgan fingerprint density at radius 3 is 2.67 bits per heavy atom. The van der Waals surface area contributed by atoms with E-state index in [0.29, 0.717) is 13.2 Å². The molecule has 0 spiro atoms. The van der Waals surface area contributed by atoms with Gasteiger partial charge < -0.3 is 15.4 Å². The highest BCUT2D eigenvalue weighted by Gasteiger charge is 2.40. The highest BCUT2D eigenvalue weighted by atomic mass is 16.5. The summed E-state index contributed by atoms with van der Waals surface area (Å²) in [5, 5.41) is 6.45. The zero-order chi connectivity index (χ0) is 15.0. The third-order valence-corrected chi connectivity index (χ3v) is 4.17. The Balaban J connectivity index is 2.01. The van der Waals surface area contributed by atoms with Crippen LogP contribution in [0.25, 0.3) is 0 Å². The van der Waals surface area contributed by atoms with Gasteiger partial charge in [0.05, 0.1) is 5.41 Å². The van der Waals surface area contributed by atoms with Crippen molar-refractivity contribution in [3.05, 3.63) is 35.9 Å². The Morgan fingerprint density at radius 2 is 2.00 bits per heavy atom. The molecule has 0 saturated carbocycles. The first-order valence-corrected chi connectivity index (χ1v) is 7.92. The lowest BCUT2D eigenvalue weighted by Gasteiger charge is -2.36. The Hall–Kier alpha value is -1.39. The minimum Gasteiger partial charge on any atom is -0.382 e. The molecule has 4 heteroatoms.